The second-order valence-corrected chi connectivity index (χ2v) is 2.96. The average Bonchev–Trinajstić information content (AvgIpc) is 1.93. The normalized spacial score (nSPS) is 9.36. The summed E-state index contributed by atoms with van der Waals surface area (Å²) in [6.07, 6.45) is 1.36. The summed E-state index contributed by atoms with van der Waals surface area (Å²) in [7, 11) is 0. The molecule has 0 nitrogen and oxygen atoms in total. The fraction of sp³-hybridized carbons (Fsp3) is 0. The number of hydrogen-bond acceptors (Lipinski definition) is 0. The molecule has 0 aliphatic carbocycles. The van der Waals surface area contributed by atoms with E-state index in [9.17, 15) is 4.39 Å². The fourth-order valence-corrected chi connectivity index (χ4v) is 0.945. The Bertz CT molecular complexity index is 277. The molecule has 0 aliphatic heterocycles. The molecular formula is C8H5Cl2F. The standard InChI is InChI=1S/C8H5Cl2F/c9-8(10)5-6-3-1-2-4-7(6)11/h1-5H. The summed E-state index contributed by atoms with van der Waals surface area (Å²) in [6.45, 7) is 0. The summed E-state index contributed by atoms with van der Waals surface area (Å²) in [4.78, 5) is 0. The number of benzene rings is 1. The lowest BCUT2D eigenvalue weighted by Crippen LogP contribution is -1.78. The molecule has 0 fully saturated rings. The maximum Gasteiger partial charge on any atom is 0.130 e. The van der Waals surface area contributed by atoms with Crippen molar-refractivity contribution < 1.29 is 4.39 Å². The van der Waals surface area contributed by atoms with Crippen molar-refractivity contribution >= 4 is 29.3 Å². The molecule has 1 aromatic rings. The summed E-state index contributed by atoms with van der Waals surface area (Å²) >= 11 is 10.7. The molecule has 0 spiro atoms. The lowest BCUT2D eigenvalue weighted by atomic mass is 10.2. The third-order valence-corrected chi connectivity index (χ3v) is 1.39. The quantitative estimate of drug-likeness (QED) is 0.636. The van der Waals surface area contributed by atoms with Crippen molar-refractivity contribution in [2.24, 2.45) is 0 Å². The SMILES string of the molecule is Fc1ccccc1C=C(Cl)Cl. The van der Waals surface area contributed by atoms with Crippen LogP contribution in [-0.2, 0) is 0 Å². The smallest absolute Gasteiger partial charge is 0.130 e. The van der Waals surface area contributed by atoms with Crippen LogP contribution in [0.15, 0.2) is 28.8 Å². The number of halogens is 3. The molecule has 0 atom stereocenters. The third kappa shape index (κ3) is 2.52. The van der Waals surface area contributed by atoms with Gasteiger partial charge in [-0.2, -0.15) is 0 Å². The molecule has 0 aliphatic rings. The molecular weight excluding hydrogens is 186 g/mol. The van der Waals surface area contributed by atoms with Crippen molar-refractivity contribution in [1.82, 2.24) is 0 Å². The minimum absolute atomic E-state index is 0.0510. The molecule has 3 heteroatoms. The van der Waals surface area contributed by atoms with Gasteiger partial charge in [0.25, 0.3) is 0 Å². The Morgan fingerprint density at radius 1 is 1.27 bits per heavy atom. The second kappa shape index (κ2) is 3.74. The van der Waals surface area contributed by atoms with Gasteiger partial charge < -0.3 is 0 Å². The fourth-order valence-electron chi connectivity index (χ4n) is 0.710. The Balaban J connectivity index is 3.04. The highest BCUT2D eigenvalue weighted by atomic mass is 35.5. The maximum absolute atomic E-state index is 12.8. The zero-order valence-corrected chi connectivity index (χ0v) is 7.03. The number of hydrogen-bond donors (Lipinski definition) is 0. The highest BCUT2D eigenvalue weighted by Gasteiger charge is 1.96. The van der Waals surface area contributed by atoms with Gasteiger partial charge in [-0.05, 0) is 12.1 Å². The summed E-state index contributed by atoms with van der Waals surface area (Å²) < 4.78 is 12.8. The van der Waals surface area contributed by atoms with Crippen molar-refractivity contribution in [3.05, 3.63) is 40.1 Å². The first-order valence-electron chi connectivity index (χ1n) is 2.97. The molecule has 0 saturated carbocycles. The molecule has 0 unspecified atom stereocenters. The highest BCUT2D eigenvalue weighted by Crippen LogP contribution is 2.15. The van der Waals surface area contributed by atoms with Crippen LogP contribution in [0.5, 0.6) is 0 Å². The van der Waals surface area contributed by atoms with Crippen LogP contribution in [0, 0.1) is 5.82 Å². The van der Waals surface area contributed by atoms with Crippen LogP contribution in [0.3, 0.4) is 0 Å². The number of rotatable bonds is 1. The zero-order valence-electron chi connectivity index (χ0n) is 5.52. The lowest BCUT2D eigenvalue weighted by molar-refractivity contribution is 0.625. The molecule has 0 radical (unpaired) electrons. The first kappa shape index (κ1) is 8.57. The van der Waals surface area contributed by atoms with E-state index in [1.54, 1.807) is 18.2 Å². The summed E-state index contributed by atoms with van der Waals surface area (Å²) in [5.41, 5.74) is 0.396. The van der Waals surface area contributed by atoms with E-state index in [1.165, 1.54) is 12.1 Å². The average molecular weight is 191 g/mol. The Labute approximate surface area is 74.2 Å². The summed E-state index contributed by atoms with van der Waals surface area (Å²) in [6, 6.07) is 6.27. The van der Waals surface area contributed by atoms with Gasteiger partial charge in [-0.15, -0.1) is 0 Å². The van der Waals surface area contributed by atoms with Crippen molar-refractivity contribution in [3.8, 4) is 0 Å². The minimum Gasteiger partial charge on any atom is -0.206 e. The Morgan fingerprint density at radius 3 is 2.45 bits per heavy atom. The van der Waals surface area contributed by atoms with Crippen molar-refractivity contribution in [3.63, 3.8) is 0 Å². The minimum atomic E-state index is -0.327. The van der Waals surface area contributed by atoms with Gasteiger partial charge in [0.2, 0.25) is 0 Å². The molecule has 11 heavy (non-hydrogen) atoms. The van der Waals surface area contributed by atoms with Crippen LogP contribution in [-0.4, -0.2) is 0 Å². The van der Waals surface area contributed by atoms with Crippen LogP contribution in [0.4, 0.5) is 4.39 Å². The molecule has 1 aromatic carbocycles. The molecule has 0 saturated heterocycles. The Morgan fingerprint density at radius 2 is 1.91 bits per heavy atom. The predicted octanol–water partition coefficient (Wildman–Crippen LogP) is 3.60. The molecule has 0 bridgehead atoms. The van der Waals surface area contributed by atoms with Gasteiger partial charge in [0.05, 0.1) is 0 Å². The van der Waals surface area contributed by atoms with E-state index in [1.807, 2.05) is 0 Å². The van der Waals surface area contributed by atoms with Gasteiger partial charge in [0, 0.05) is 5.56 Å². The van der Waals surface area contributed by atoms with E-state index < -0.39 is 0 Å². The van der Waals surface area contributed by atoms with Crippen molar-refractivity contribution in [1.29, 1.82) is 0 Å². The molecule has 0 N–H and O–H groups in total. The van der Waals surface area contributed by atoms with Crippen LogP contribution >= 0.6 is 23.2 Å². The van der Waals surface area contributed by atoms with Crippen LogP contribution in [0.1, 0.15) is 5.56 Å². The second-order valence-electron chi connectivity index (χ2n) is 1.96. The monoisotopic (exact) mass is 190 g/mol. The molecule has 0 heterocycles. The largest absolute Gasteiger partial charge is 0.206 e. The summed E-state index contributed by atoms with van der Waals surface area (Å²) in [5, 5.41) is 0. The highest BCUT2D eigenvalue weighted by molar-refractivity contribution is 6.57. The van der Waals surface area contributed by atoms with E-state index in [2.05, 4.69) is 0 Å². The van der Waals surface area contributed by atoms with Gasteiger partial charge in [-0.1, -0.05) is 41.4 Å². The van der Waals surface area contributed by atoms with E-state index in [0.717, 1.165) is 0 Å². The van der Waals surface area contributed by atoms with Crippen LogP contribution < -0.4 is 0 Å². The van der Waals surface area contributed by atoms with E-state index in [0.29, 0.717) is 5.56 Å². The van der Waals surface area contributed by atoms with Crippen molar-refractivity contribution in [2.45, 2.75) is 0 Å². The van der Waals surface area contributed by atoms with E-state index in [-0.39, 0.29) is 10.3 Å². The van der Waals surface area contributed by atoms with Gasteiger partial charge in [0.1, 0.15) is 10.3 Å². The maximum atomic E-state index is 12.8. The van der Waals surface area contributed by atoms with Crippen LogP contribution in [0.25, 0.3) is 6.08 Å². The molecule has 0 aromatic heterocycles. The Hall–Kier alpha value is -0.530. The zero-order chi connectivity index (χ0) is 8.27. The topological polar surface area (TPSA) is 0 Å². The van der Waals surface area contributed by atoms with Gasteiger partial charge in [-0.25, -0.2) is 4.39 Å². The molecule has 1 rings (SSSR count). The summed E-state index contributed by atoms with van der Waals surface area (Å²) in [5.74, 6) is -0.327. The van der Waals surface area contributed by atoms with Gasteiger partial charge in [0.15, 0.2) is 0 Å². The first-order valence-corrected chi connectivity index (χ1v) is 3.73. The molecule has 58 valence electrons. The van der Waals surface area contributed by atoms with Crippen LogP contribution in [0.2, 0.25) is 0 Å². The van der Waals surface area contributed by atoms with E-state index >= 15 is 0 Å². The third-order valence-electron chi connectivity index (χ3n) is 1.17. The predicted molar refractivity (Wildman–Crippen MR) is 46.1 cm³/mol. The Kier molecular flexibility index (Phi) is 2.92. The van der Waals surface area contributed by atoms with Gasteiger partial charge >= 0.3 is 0 Å². The van der Waals surface area contributed by atoms with Crippen molar-refractivity contribution in [2.75, 3.05) is 0 Å². The lowest BCUT2D eigenvalue weighted by Gasteiger charge is -1.93. The van der Waals surface area contributed by atoms with E-state index in [4.69, 9.17) is 23.2 Å². The molecule has 0 amide bonds. The first-order chi connectivity index (χ1) is 5.20. The van der Waals surface area contributed by atoms with Gasteiger partial charge in [-0.3, -0.25) is 0 Å².